The molecule has 0 aromatic heterocycles. The van der Waals surface area contributed by atoms with Gasteiger partial charge < -0.3 is 25.0 Å². The molecule has 7 nitrogen and oxygen atoms in total. The van der Waals surface area contributed by atoms with E-state index in [4.69, 9.17) is 9.47 Å². The van der Waals surface area contributed by atoms with Crippen molar-refractivity contribution in [3.05, 3.63) is 84.4 Å². The first-order chi connectivity index (χ1) is 17.6. The maximum Gasteiger partial charge on any atom is 0.253 e. The molecule has 3 aromatic rings. The number of amides is 2. The van der Waals surface area contributed by atoms with E-state index in [2.05, 4.69) is 24.5 Å². The summed E-state index contributed by atoms with van der Waals surface area (Å²) < 4.78 is 11.4. The molecule has 0 aliphatic heterocycles. The quantitative estimate of drug-likeness (QED) is 0.294. The summed E-state index contributed by atoms with van der Waals surface area (Å²) >= 11 is 0. The van der Waals surface area contributed by atoms with Gasteiger partial charge in [0.1, 0.15) is 24.7 Å². The molecular formula is C29H35N3O4. The van der Waals surface area contributed by atoms with Gasteiger partial charge in [-0.3, -0.25) is 9.59 Å². The van der Waals surface area contributed by atoms with Gasteiger partial charge in [-0.15, -0.1) is 0 Å². The highest BCUT2D eigenvalue weighted by molar-refractivity contribution is 5.96. The van der Waals surface area contributed by atoms with E-state index in [0.717, 1.165) is 37.4 Å². The van der Waals surface area contributed by atoms with Crippen LogP contribution in [0, 0.1) is 0 Å². The topological polar surface area (TPSA) is 79.9 Å². The van der Waals surface area contributed by atoms with Gasteiger partial charge in [0.2, 0.25) is 5.91 Å². The third kappa shape index (κ3) is 8.65. The van der Waals surface area contributed by atoms with Crippen LogP contribution < -0.4 is 20.1 Å². The van der Waals surface area contributed by atoms with Crippen LogP contribution in [0.5, 0.6) is 11.5 Å². The van der Waals surface area contributed by atoms with Crippen molar-refractivity contribution in [1.29, 1.82) is 0 Å². The normalized spacial score (nSPS) is 10.4. The van der Waals surface area contributed by atoms with Crippen LogP contribution in [0.15, 0.2) is 78.9 Å². The number of para-hydroxylation sites is 1. The minimum Gasteiger partial charge on any atom is -0.490 e. The summed E-state index contributed by atoms with van der Waals surface area (Å²) in [6, 6.07) is 24.1. The van der Waals surface area contributed by atoms with E-state index in [1.807, 2.05) is 59.5 Å². The van der Waals surface area contributed by atoms with Crippen LogP contribution in [0.25, 0.3) is 0 Å². The minimum atomic E-state index is -0.185. The van der Waals surface area contributed by atoms with Gasteiger partial charge in [-0.2, -0.15) is 0 Å². The lowest BCUT2D eigenvalue weighted by Crippen LogP contribution is -2.32. The third-order valence-corrected chi connectivity index (χ3v) is 5.34. The lowest BCUT2D eigenvalue weighted by Gasteiger charge is -2.21. The second kappa shape index (κ2) is 14.4. The fourth-order valence-electron chi connectivity index (χ4n) is 3.65. The molecule has 0 saturated heterocycles. The molecule has 0 heterocycles. The van der Waals surface area contributed by atoms with Crippen molar-refractivity contribution < 1.29 is 19.1 Å². The SMILES string of the molecule is CCCN(CCC)C(=O)c1ccc(NC(=O)CNc2cccc(OCCOc3ccccc3)c2)cc1. The summed E-state index contributed by atoms with van der Waals surface area (Å²) in [5, 5.41) is 5.97. The number of hydrogen-bond acceptors (Lipinski definition) is 5. The molecule has 36 heavy (non-hydrogen) atoms. The van der Waals surface area contributed by atoms with Gasteiger partial charge in [0, 0.05) is 36.1 Å². The predicted octanol–water partition coefficient (Wildman–Crippen LogP) is 5.46. The summed E-state index contributed by atoms with van der Waals surface area (Å²) in [5.74, 6) is 1.33. The summed E-state index contributed by atoms with van der Waals surface area (Å²) in [6.07, 6.45) is 1.84. The largest absolute Gasteiger partial charge is 0.490 e. The number of benzene rings is 3. The van der Waals surface area contributed by atoms with Gasteiger partial charge in [0.05, 0.1) is 6.54 Å². The Morgan fingerprint density at radius 3 is 2.06 bits per heavy atom. The average Bonchev–Trinajstić information content (AvgIpc) is 2.91. The summed E-state index contributed by atoms with van der Waals surface area (Å²) in [7, 11) is 0. The maximum atomic E-state index is 12.7. The second-order valence-corrected chi connectivity index (χ2v) is 8.31. The Balaban J connectivity index is 1.43. The molecule has 0 atom stereocenters. The van der Waals surface area contributed by atoms with Gasteiger partial charge in [-0.1, -0.05) is 38.1 Å². The zero-order valence-corrected chi connectivity index (χ0v) is 21.0. The molecule has 2 N–H and O–H groups in total. The van der Waals surface area contributed by atoms with E-state index in [-0.39, 0.29) is 18.4 Å². The predicted molar refractivity (Wildman–Crippen MR) is 144 cm³/mol. The highest BCUT2D eigenvalue weighted by Gasteiger charge is 2.14. The lowest BCUT2D eigenvalue weighted by atomic mass is 10.1. The molecule has 0 spiro atoms. The van der Waals surface area contributed by atoms with Crippen molar-refractivity contribution in [1.82, 2.24) is 4.90 Å². The monoisotopic (exact) mass is 489 g/mol. The number of nitrogens with zero attached hydrogens (tertiary/aromatic N) is 1. The molecule has 0 saturated carbocycles. The van der Waals surface area contributed by atoms with Gasteiger partial charge in [0.15, 0.2) is 0 Å². The van der Waals surface area contributed by atoms with Crippen LogP contribution in [-0.2, 0) is 4.79 Å². The van der Waals surface area contributed by atoms with E-state index in [1.54, 1.807) is 24.3 Å². The van der Waals surface area contributed by atoms with Crippen molar-refractivity contribution in [2.75, 3.05) is 43.5 Å². The molecule has 190 valence electrons. The number of anilines is 2. The van der Waals surface area contributed by atoms with E-state index < -0.39 is 0 Å². The molecule has 3 rings (SSSR count). The molecule has 0 radical (unpaired) electrons. The molecule has 0 unspecified atom stereocenters. The zero-order valence-electron chi connectivity index (χ0n) is 21.0. The van der Waals surface area contributed by atoms with Gasteiger partial charge in [-0.05, 0) is 61.4 Å². The fraction of sp³-hybridized carbons (Fsp3) is 0.310. The Hall–Kier alpha value is -4.00. The zero-order chi connectivity index (χ0) is 25.6. The third-order valence-electron chi connectivity index (χ3n) is 5.34. The molecule has 7 heteroatoms. The first kappa shape index (κ1) is 26.6. The highest BCUT2D eigenvalue weighted by Crippen LogP contribution is 2.18. The highest BCUT2D eigenvalue weighted by atomic mass is 16.5. The Kier molecular flexibility index (Phi) is 10.6. The Morgan fingerprint density at radius 1 is 0.750 bits per heavy atom. The van der Waals surface area contributed by atoms with Crippen LogP contribution in [0.2, 0.25) is 0 Å². The molecule has 2 amide bonds. The molecule has 3 aromatic carbocycles. The van der Waals surface area contributed by atoms with Crippen LogP contribution in [-0.4, -0.2) is 49.6 Å². The maximum absolute atomic E-state index is 12.7. The van der Waals surface area contributed by atoms with Crippen molar-refractivity contribution >= 4 is 23.2 Å². The molecule has 0 fully saturated rings. The molecule has 0 aliphatic carbocycles. The number of hydrogen-bond donors (Lipinski definition) is 2. The van der Waals surface area contributed by atoms with Gasteiger partial charge >= 0.3 is 0 Å². The van der Waals surface area contributed by atoms with E-state index in [1.165, 1.54) is 0 Å². The minimum absolute atomic E-state index is 0.0203. The first-order valence-corrected chi connectivity index (χ1v) is 12.4. The van der Waals surface area contributed by atoms with E-state index in [9.17, 15) is 9.59 Å². The lowest BCUT2D eigenvalue weighted by molar-refractivity contribution is -0.114. The smallest absolute Gasteiger partial charge is 0.253 e. The van der Waals surface area contributed by atoms with Crippen LogP contribution in [0.4, 0.5) is 11.4 Å². The summed E-state index contributed by atoms with van der Waals surface area (Å²) in [4.78, 5) is 27.0. The molecule has 0 aliphatic rings. The molecule has 0 bridgehead atoms. The Labute approximate surface area is 213 Å². The van der Waals surface area contributed by atoms with Crippen molar-refractivity contribution in [3.63, 3.8) is 0 Å². The van der Waals surface area contributed by atoms with Gasteiger partial charge in [0.25, 0.3) is 5.91 Å². The standard InChI is InChI=1S/C29H35N3O4/c1-3-17-32(18-4-2)29(34)23-13-15-24(16-14-23)31-28(33)22-30-25-9-8-12-27(21-25)36-20-19-35-26-10-6-5-7-11-26/h5-16,21,30H,3-4,17-20,22H2,1-2H3,(H,31,33). The number of carbonyl (C=O) groups is 2. The van der Waals surface area contributed by atoms with Crippen LogP contribution in [0.1, 0.15) is 37.0 Å². The second-order valence-electron chi connectivity index (χ2n) is 8.31. The summed E-state index contributed by atoms with van der Waals surface area (Å²) in [6.45, 7) is 6.55. The van der Waals surface area contributed by atoms with Crippen LogP contribution >= 0.6 is 0 Å². The number of nitrogens with one attached hydrogen (secondary N) is 2. The van der Waals surface area contributed by atoms with Crippen molar-refractivity contribution in [3.8, 4) is 11.5 Å². The molecular weight excluding hydrogens is 454 g/mol. The Morgan fingerprint density at radius 2 is 1.39 bits per heavy atom. The fourth-order valence-corrected chi connectivity index (χ4v) is 3.65. The van der Waals surface area contributed by atoms with Crippen molar-refractivity contribution in [2.45, 2.75) is 26.7 Å². The van der Waals surface area contributed by atoms with Crippen molar-refractivity contribution in [2.24, 2.45) is 0 Å². The van der Waals surface area contributed by atoms with E-state index in [0.29, 0.717) is 30.2 Å². The van der Waals surface area contributed by atoms with Gasteiger partial charge in [-0.25, -0.2) is 0 Å². The van der Waals surface area contributed by atoms with E-state index >= 15 is 0 Å². The first-order valence-electron chi connectivity index (χ1n) is 12.4. The number of carbonyl (C=O) groups excluding carboxylic acids is 2. The number of rotatable bonds is 14. The van der Waals surface area contributed by atoms with Crippen LogP contribution in [0.3, 0.4) is 0 Å². The summed E-state index contributed by atoms with van der Waals surface area (Å²) in [5.41, 5.74) is 2.05. The Bertz CT molecular complexity index is 1080. The average molecular weight is 490 g/mol. The number of ether oxygens (including phenoxy) is 2.